The Morgan fingerprint density at radius 3 is 2.57 bits per heavy atom. The molecule has 38 valence electrons. The van der Waals surface area contributed by atoms with Gasteiger partial charge >= 0.3 is 0 Å². The van der Waals surface area contributed by atoms with Crippen molar-refractivity contribution in [3.63, 3.8) is 0 Å². The van der Waals surface area contributed by atoms with E-state index in [0.29, 0.717) is 12.2 Å². The van der Waals surface area contributed by atoms with Gasteiger partial charge in [0, 0.05) is 6.42 Å². The maximum absolute atomic E-state index is 8.12. The standard InChI is InChI=1S/C5H10BN/c1-5(6-2)3-4-7/h5-6H,3H2,1-2H3. The molecule has 0 rings (SSSR count). The average molecular weight is 95.0 g/mol. The van der Waals surface area contributed by atoms with Crippen LogP contribution in [0.1, 0.15) is 13.3 Å². The molecule has 0 aromatic carbocycles. The summed E-state index contributed by atoms with van der Waals surface area (Å²) in [5.74, 6) is 0.588. The van der Waals surface area contributed by atoms with Gasteiger partial charge in [0.15, 0.2) is 0 Å². The van der Waals surface area contributed by atoms with Gasteiger partial charge in [0.25, 0.3) is 0 Å². The number of hydrogen-bond donors (Lipinski definition) is 0. The molecular formula is C5H10BN. The van der Waals surface area contributed by atoms with Gasteiger partial charge in [0.05, 0.1) is 6.07 Å². The van der Waals surface area contributed by atoms with Crippen molar-refractivity contribution in [3.8, 4) is 6.07 Å². The van der Waals surface area contributed by atoms with Crippen LogP contribution in [0.3, 0.4) is 0 Å². The van der Waals surface area contributed by atoms with E-state index in [0.717, 1.165) is 7.28 Å². The topological polar surface area (TPSA) is 23.8 Å². The Kier molecular flexibility index (Phi) is 3.50. The Morgan fingerprint density at radius 1 is 1.86 bits per heavy atom. The molecule has 0 bridgehead atoms. The second-order valence-corrected chi connectivity index (χ2v) is 1.88. The van der Waals surface area contributed by atoms with Crippen molar-refractivity contribution in [3.05, 3.63) is 0 Å². The maximum atomic E-state index is 8.12. The summed E-state index contributed by atoms with van der Waals surface area (Å²) in [7, 11) is 1.12. The van der Waals surface area contributed by atoms with Crippen LogP contribution in [0.15, 0.2) is 0 Å². The van der Waals surface area contributed by atoms with Crippen LogP contribution in [-0.2, 0) is 0 Å². The molecule has 0 aromatic rings. The number of hydrogen-bond acceptors (Lipinski definition) is 1. The van der Waals surface area contributed by atoms with Gasteiger partial charge in [0.2, 0.25) is 0 Å². The third-order valence-electron chi connectivity index (χ3n) is 1.14. The first-order valence-corrected chi connectivity index (χ1v) is 2.68. The first-order valence-electron chi connectivity index (χ1n) is 2.68. The summed E-state index contributed by atoms with van der Waals surface area (Å²) in [6, 6.07) is 2.12. The summed E-state index contributed by atoms with van der Waals surface area (Å²) >= 11 is 0. The van der Waals surface area contributed by atoms with Crippen molar-refractivity contribution in [2.45, 2.75) is 26.0 Å². The highest BCUT2D eigenvalue weighted by atomic mass is 14.2. The van der Waals surface area contributed by atoms with Crippen LogP contribution >= 0.6 is 0 Å². The minimum absolute atomic E-state index is 0.588. The Bertz CT molecular complexity index is 74.6. The summed E-state index contributed by atoms with van der Waals surface area (Å²) in [5, 5.41) is 8.12. The third-order valence-corrected chi connectivity index (χ3v) is 1.14. The van der Waals surface area contributed by atoms with Gasteiger partial charge in [-0.25, -0.2) is 0 Å². The number of rotatable bonds is 2. The molecule has 0 aliphatic rings. The molecule has 0 spiro atoms. The van der Waals surface area contributed by atoms with Crippen molar-refractivity contribution in [1.82, 2.24) is 0 Å². The molecule has 0 amide bonds. The van der Waals surface area contributed by atoms with E-state index >= 15 is 0 Å². The zero-order valence-corrected chi connectivity index (χ0v) is 4.94. The Balaban J connectivity index is 3.03. The fourth-order valence-electron chi connectivity index (χ4n) is 0.300. The lowest BCUT2D eigenvalue weighted by Gasteiger charge is -1.94. The highest BCUT2D eigenvalue weighted by Crippen LogP contribution is 2.03. The molecule has 0 radical (unpaired) electrons. The van der Waals surface area contributed by atoms with Gasteiger partial charge in [-0.3, -0.25) is 0 Å². The summed E-state index contributed by atoms with van der Waals surface area (Å²) < 4.78 is 0. The smallest absolute Gasteiger partial charge is 0.121 e. The molecule has 1 atom stereocenters. The van der Waals surface area contributed by atoms with E-state index in [1.54, 1.807) is 0 Å². The SMILES string of the molecule is CBC(C)CC#N. The van der Waals surface area contributed by atoms with E-state index in [9.17, 15) is 0 Å². The highest BCUT2D eigenvalue weighted by molar-refractivity contribution is 6.35. The van der Waals surface area contributed by atoms with Gasteiger partial charge in [-0.15, -0.1) is 0 Å². The zero-order chi connectivity index (χ0) is 5.70. The fourth-order valence-corrected chi connectivity index (χ4v) is 0.300. The molecule has 1 unspecified atom stereocenters. The normalized spacial score (nSPS) is 12.1. The van der Waals surface area contributed by atoms with Gasteiger partial charge in [-0.1, -0.05) is 19.6 Å². The lowest BCUT2D eigenvalue weighted by atomic mass is 9.67. The van der Waals surface area contributed by atoms with E-state index in [4.69, 9.17) is 5.26 Å². The molecule has 2 heteroatoms. The summed E-state index contributed by atoms with van der Waals surface area (Å²) in [5.41, 5.74) is 0. The minimum atomic E-state index is 0.588. The molecule has 7 heavy (non-hydrogen) atoms. The second-order valence-electron chi connectivity index (χ2n) is 1.88. The third kappa shape index (κ3) is 3.38. The molecule has 0 aromatic heterocycles. The van der Waals surface area contributed by atoms with Crippen LogP contribution in [-0.4, -0.2) is 7.28 Å². The Morgan fingerprint density at radius 2 is 2.43 bits per heavy atom. The predicted molar refractivity (Wildman–Crippen MR) is 32.7 cm³/mol. The van der Waals surface area contributed by atoms with Crippen molar-refractivity contribution in [1.29, 1.82) is 5.26 Å². The van der Waals surface area contributed by atoms with Gasteiger partial charge in [-0.05, 0) is 0 Å². The monoisotopic (exact) mass is 95.1 g/mol. The molecule has 0 saturated heterocycles. The molecular weight excluding hydrogens is 84.9 g/mol. The largest absolute Gasteiger partial charge is 0.198 e. The summed E-state index contributed by atoms with van der Waals surface area (Å²) in [6.07, 6.45) is 0.705. The van der Waals surface area contributed by atoms with Crippen LogP contribution in [0.5, 0.6) is 0 Å². The van der Waals surface area contributed by atoms with Crippen LogP contribution < -0.4 is 0 Å². The van der Waals surface area contributed by atoms with Crippen molar-refractivity contribution in [2.75, 3.05) is 0 Å². The molecule has 0 aliphatic carbocycles. The van der Waals surface area contributed by atoms with Crippen molar-refractivity contribution < 1.29 is 0 Å². The van der Waals surface area contributed by atoms with E-state index in [1.165, 1.54) is 0 Å². The summed E-state index contributed by atoms with van der Waals surface area (Å²) in [4.78, 5) is 0. The Hall–Kier alpha value is -0.445. The number of nitrogens with zero attached hydrogens (tertiary/aromatic N) is 1. The van der Waals surface area contributed by atoms with Crippen LogP contribution in [0.2, 0.25) is 12.6 Å². The van der Waals surface area contributed by atoms with Gasteiger partial charge < -0.3 is 0 Å². The van der Waals surface area contributed by atoms with Crippen molar-refractivity contribution in [2.24, 2.45) is 0 Å². The molecule has 0 fully saturated rings. The maximum Gasteiger partial charge on any atom is 0.121 e. The van der Waals surface area contributed by atoms with E-state index < -0.39 is 0 Å². The van der Waals surface area contributed by atoms with Gasteiger partial charge in [0.1, 0.15) is 7.28 Å². The summed E-state index contributed by atoms with van der Waals surface area (Å²) in [6.45, 7) is 4.19. The molecule has 0 saturated carbocycles. The zero-order valence-electron chi connectivity index (χ0n) is 4.94. The molecule has 0 heterocycles. The van der Waals surface area contributed by atoms with Crippen LogP contribution in [0.25, 0.3) is 0 Å². The predicted octanol–water partition coefficient (Wildman–Crippen LogP) is 1.19. The lowest BCUT2D eigenvalue weighted by Crippen LogP contribution is -1.90. The van der Waals surface area contributed by atoms with Crippen LogP contribution in [0, 0.1) is 11.3 Å². The first kappa shape index (κ1) is 6.55. The minimum Gasteiger partial charge on any atom is -0.198 e. The lowest BCUT2D eigenvalue weighted by molar-refractivity contribution is 0.949. The van der Waals surface area contributed by atoms with Crippen LogP contribution in [0.4, 0.5) is 0 Å². The second kappa shape index (κ2) is 3.73. The van der Waals surface area contributed by atoms with E-state index in [2.05, 4.69) is 19.8 Å². The van der Waals surface area contributed by atoms with Gasteiger partial charge in [-0.2, -0.15) is 5.26 Å². The van der Waals surface area contributed by atoms with Crippen molar-refractivity contribution >= 4 is 7.28 Å². The fraction of sp³-hybridized carbons (Fsp3) is 0.800. The molecule has 0 N–H and O–H groups in total. The number of nitriles is 1. The molecule has 0 aliphatic heterocycles. The Labute approximate surface area is 45.6 Å². The highest BCUT2D eigenvalue weighted by Gasteiger charge is 1.95. The van der Waals surface area contributed by atoms with E-state index in [-0.39, 0.29) is 0 Å². The van der Waals surface area contributed by atoms with E-state index in [1.807, 2.05) is 0 Å². The average Bonchev–Trinajstić information content (AvgIpc) is 1.68. The quantitative estimate of drug-likeness (QED) is 0.472. The molecule has 1 nitrogen and oxygen atoms in total. The first-order chi connectivity index (χ1) is 3.31.